The van der Waals surface area contributed by atoms with Crippen LogP contribution in [0.1, 0.15) is 59.3 Å². The summed E-state index contributed by atoms with van der Waals surface area (Å²) in [6.07, 6.45) is 1.65. The second-order valence-corrected chi connectivity index (χ2v) is 5.31. The van der Waals surface area contributed by atoms with Crippen LogP contribution in [0.25, 0.3) is 0 Å². The third-order valence-electron chi connectivity index (χ3n) is 3.23. The summed E-state index contributed by atoms with van der Waals surface area (Å²) >= 11 is 0. The Morgan fingerprint density at radius 1 is 0.783 bits per heavy atom. The van der Waals surface area contributed by atoms with Gasteiger partial charge in [0, 0.05) is 12.8 Å². The fourth-order valence-electron chi connectivity index (χ4n) is 1.70. The molecule has 0 bridgehead atoms. The third-order valence-corrected chi connectivity index (χ3v) is 3.23. The lowest BCUT2D eigenvalue weighted by molar-refractivity contribution is -0.164. The maximum Gasteiger partial charge on any atom is 0.346 e. The van der Waals surface area contributed by atoms with Crippen LogP contribution in [0.4, 0.5) is 0 Å². The Morgan fingerprint density at radius 2 is 1.22 bits per heavy atom. The quantitative estimate of drug-likeness (QED) is 0.324. The third kappa shape index (κ3) is 10.4. The van der Waals surface area contributed by atoms with Crippen LogP contribution in [0, 0.1) is 0 Å². The molecule has 0 aliphatic rings. The number of hydrogen-bond acceptors (Lipinski definition) is 7. The fourth-order valence-corrected chi connectivity index (χ4v) is 1.70. The predicted octanol–water partition coefficient (Wildman–Crippen LogP) is 1.95. The van der Waals surface area contributed by atoms with Crippen LogP contribution < -0.4 is 0 Å². The van der Waals surface area contributed by atoms with E-state index in [9.17, 15) is 19.2 Å². The van der Waals surface area contributed by atoms with Gasteiger partial charge in [-0.2, -0.15) is 0 Å². The summed E-state index contributed by atoms with van der Waals surface area (Å²) in [6.45, 7) is 4.37. The van der Waals surface area contributed by atoms with Crippen LogP contribution in [-0.4, -0.2) is 43.0 Å². The molecular formula is C16H26O7. The molecule has 0 aromatic carbocycles. The summed E-state index contributed by atoms with van der Waals surface area (Å²) in [5.74, 6) is -1.61. The van der Waals surface area contributed by atoms with E-state index in [0.717, 1.165) is 12.8 Å². The van der Waals surface area contributed by atoms with Gasteiger partial charge < -0.3 is 14.2 Å². The molecule has 7 nitrogen and oxygen atoms in total. The average Bonchev–Trinajstić information content (AvgIpc) is 2.49. The van der Waals surface area contributed by atoms with Crippen LogP contribution in [-0.2, 0) is 33.4 Å². The number of hydrogen-bond donors (Lipinski definition) is 0. The minimum absolute atomic E-state index is 0.182. The number of rotatable bonds is 11. The molecule has 0 aliphatic heterocycles. The van der Waals surface area contributed by atoms with E-state index in [1.165, 1.54) is 21.0 Å². The molecule has 0 fully saturated rings. The highest BCUT2D eigenvalue weighted by Gasteiger charge is 2.17. The average molecular weight is 330 g/mol. The monoisotopic (exact) mass is 330 g/mol. The first kappa shape index (κ1) is 21.1. The lowest BCUT2D eigenvalue weighted by Gasteiger charge is -2.11. The number of methoxy groups -OCH3 is 1. The minimum Gasteiger partial charge on any atom is -0.466 e. The highest BCUT2D eigenvalue weighted by molar-refractivity contribution is 5.83. The molecular weight excluding hydrogens is 304 g/mol. The molecule has 0 saturated carbocycles. The molecule has 7 heteroatoms. The first-order chi connectivity index (χ1) is 10.8. The van der Waals surface area contributed by atoms with Crippen LogP contribution >= 0.6 is 0 Å². The Morgan fingerprint density at radius 3 is 1.61 bits per heavy atom. The number of carbonyl (C=O) groups is 4. The molecule has 132 valence electrons. The highest BCUT2D eigenvalue weighted by atomic mass is 16.6. The topological polar surface area (TPSA) is 96.0 Å². The summed E-state index contributed by atoms with van der Waals surface area (Å²) < 4.78 is 14.3. The molecule has 0 aromatic heterocycles. The zero-order valence-electron chi connectivity index (χ0n) is 14.3. The lowest BCUT2D eigenvalue weighted by Crippen LogP contribution is -2.25. The maximum absolute atomic E-state index is 11.5. The van der Waals surface area contributed by atoms with E-state index < -0.39 is 24.1 Å². The Balaban J connectivity index is 3.66. The molecule has 0 aromatic rings. The van der Waals surface area contributed by atoms with Gasteiger partial charge in [-0.25, -0.2) is 4.79 Å². The summed E-state index contributed by atoms with van der Waals surface area (Å²) in [5.41, 5.74) is 0. The smallest absolute Gasteiger partial charge is 0.346 e. The van der Waals surface area contributed by atoms with Gasteiger partial charge in [-0.15, -0.1) is 0 Å². The fraction of sp³-hybridized carbons (Fsp3) is 0.750. The highest BCUT2D eigenvalue weighted by Crippen LogP contribution is 2.09. The van der Waals surface area contributed by atoms with Crippen molar-refractivity contribution in [2.75, 3.05) is 7.11 Å². The van der Waals surface area contributed by atoms with Gasteiger partial charge in [0.15, 0.2) is 18.0 Å². The van der Waals surface area contributed by atoms with Crippen molar-refractivity contribution in [1.82, 2.24) is 0 Å². The van der Waals surface area contributed by atoms with E-state index in [2.05, 4.69) is 4.74 Å². The molecule has 0 radical (unpaired) electrons. The molecule has 0 saturated heterocycles. The number of ether oxygens (including phenoxy) is 3. The number of unbranched alkanes of at least 4 members (excludes halogenated alkanes) is 3. The van der Waals surface area contributed by atoms with Crippen molar-refractivity contribution in [3.63, 3.8) is 0 Å². The van der Waals surface area contributed by atoms with Crippen molar-refractivity contribution >= 4 is 23.7 Å². The van der Waals surface area contributed by atoms with E-state index in [1.807, 2.05) is 0 Å². The van der Waals surface area contributed by atoms with Crippen molar-refractivity contribution in [2.24, 2.45) is 0 Å². The molecule has 0 rings (SSSR count). The Labute approximate surface area is 136 Å². The maximum atomic E-state index is 11.5. The number of ketones is 1. The van der Waals surface area contributed by atoms with Crippen molar-refractivity contribution in [3.05, 3.63) is 0 Å². The molecule has 0 heterocycles. The predicted molar refractivity (Wildman–Crippen MR) is 81.5 cm³/mol. The van der Waals surface area contributed by atoms with E-state index >= 15 is 0 Å². The molecule has 23 heavy (non-hydrogen) atoms. The number of esters is 3. The Kier molecular flexibility index (Phi) is 10.7. The Hall–Kier alpha value is -1.92. The first-order valence-electron chi connectivity index (χ1n) is 7.75. The summed E-state index contributed by atoms with van der Waals surface area (Å²) in [7, 11) is 1.23. The Bertz CT molecular complexity index is 417. The number of Topliss-reactive ketones (excluding diaryl/α,β-unsaturated/α-hetero) is 1. The van der Waals surface area contributed by atoms with Crippen molar-refractivity contribution < 1.29 is 33.4 Å². The van der Waals surface area contributed by atoms with Crippen LogP contribution in [0.15, 0.2) is 0 Å². The van der Waals surface area contributed by atoms with Gasteiger partial charge in [0.1, 0.15) is 0 Å². The lowest BCUT2D eigenvalue weighted by atomic mass is 10.1. The second-order valence-electron chi connectivity index (χ2n) is 5.31. The van der Waals surface area contributed by atoms with Crippen molar-refractivity contribution in [3.8, 4) is 0 Å². The summed E-state index contributed by atoms with van der Waals surface area (Å²) in [6, 6.07) is 0. The van der Waals surface area contributed by atoms with Crippen LogP contribution in [0.3, 0.4) is 0 Å². The van der Waals surface area contributed by atoms with E-state index in [0.29, 0.717) is 12.8 Å². The molecule has 2 unspecified atom stereocenters. The van der Waals surface area contributed by atoms with Gasteiger partial charge in [-0.3, -0.25) is 14.4 Å². The van der Waals surface area contributed by atoms with Gasteiger partial charge in [0.2, 0.25) is 0 Å². The van der Waals surface area contributed by atoms with Gasteiger partial charge in [0.25, 0.3) is 0 Å². The molecule has 0 aliphatic carbocycles. The van der Waals surface area contributed by atoms with E-state index in [-0.39, 0.29) is 24.6 Å². The first-order valence-corrected chi connectivity index (χ1v) is 7.75. The summed E-state index contributed by atoms with van der Waals surface area (Å²) in [4.78, 5) is 44.9. The van der Waals surface area contributed by atoms with Gasteiger partial charge in [-0.1, -0.05) is 12.8 Å². The standard InChI is InChI=1S/C16H26O7/c1-11(17)12(2)22-14(18)9-7-5-6-8-10-15(19)23-13(3)16(20)21-4/h12-13H,5-10H2,1-4H3. The van der Waals surface area contributed by atoms with Crippen LogP contribution in [0.2, 0.25) is 0 Å². The largest absolute Gasteiger partial charge is 0.466 e. The van der Waals surface area contributed by atoms with Crippen molar-refractivity contribution in [1.29, 1.82) is 0 Å². The second kappa shape index (κ2) is 11.6. The number of carbonyl (C=O) groups excluding carboxylic acids is 4. The zero-order valence-corrected chi connectivity index (χ0v) is 14.3. The van der Waals surface area contributed by atoms with Crippen molar-refractivity contribution in [2.45, 2.75) is 71.5 Å². The SMILES string of the molecule is COC(=O)C(C)OC(=O)CCCCCCC(=O)OC(C)C(C)=O. The van der Waals surface area contributed by atoms with Gasteiger partial charge in [-0.05, 0) is 33.6 Å². The normalized spacial score (nSPS) is 12.9. The zero-order chi connectivity index (χ0) is 17.8. The molecule has 0 spiro atoms. The minimum atomic E-state index is -0.898. The van der Waals surface area contributed by atoms with Gasteiger partial charge >= 0.3 is 17.9 Å². The molecule has 2 atom stereocenters. The molecule has 0 amide bonds. The van der Waals surface area contributed by atoms with Crippen LogP contribution in [0.5, 0.6) is 0 Å². The van der Waals surface area contributed by atoms with E-state index in [4.69, 9.17) is 9.47 Å². The summed E-state index contributed by atoms with van der Waals surface area (Å²) in [5, 5.41) is 0. The van der Waals surface area contributed by atoms with Gasteiger partial charge in [0.05, 0.1) is 7.11 Å². The van der Waals surface area contributed by atoms with E-state index in [1.54, 1.807) is 6.92 Å². The molecule has 0 N–H and O–H groups in total.